The Balaban J connectivity index is 3.49. The molecule has 1 aliphatic rings. The van der Waals surface area contributed by atoms with Gasteiger partial charge in [-0.25, -0.2) is 0 Å². The van der Waals surface area contributed by atoms with Crippen LogP contribution in [0.5, 0.6) is 0 Å². The largest absolute Gasteiger partial charge is 0.394 e. The van der Waals surface area contributed by atoms with E-state index in [0.29, 0.717) is 0 Å². The predicted octanol–water partition coefficient (Wildman–Crippen LogP) is 1.24. The first-order chi connectivity index (χ1) is 12.2. The summed E-state index contributed by atoms with van der Waals surface area (Å²) < 4.78 is 69.7. The van der Waals surface area contributed by atoms with E-state index < -0.39 is 64.7 Å². The highest BCUT2D eigenvalue weighted by molar-refractivity contribution is 7.86. The van der Waals surface area contributed by atoms with Crippen molar-refractivity contribution in [2.45, 2.75) is 82.6 Å². The molecule has 1 fully saturated rings. The molecule has 0 spiro atoms. The van der Waals surface area contributed by atoms with E-state index in [-0.39, 0.29) is 5.04 Å². The van der Waals surface area contributed by atoms with Crippen molar-refractivity contribution in [1.29, 1.82) is 0 Å². The second-order valence-corrected chi connectivity index (χ2v) is 18.0. The lowest BCUT2D eigenvalue weighted by Crippen LogP contribution is -2.60. The number of hydrogen-bond donors (Lipinski definition) is 1. The van der Waals surface area contributed by atoms with Gasteiger partial charge in [0.25, 0.3) is 20.2 Å². The van der Waals surface area contributed by atoms with Crippen LogP contribution in [-0.2, 0) is 38.1 Å². The number of ether oxygens (including phenoxy) is 2. The first kappa shape index (κ1) is 26.0. The van der Waals surface area contributed by atoms with Crippen LogP contribution >= 0.6 is 0 Å². The average molecular weight is 463 g/mol. The van der Waals surface area contributed by atoms with Gasteiger partial charge >= 0.3 is 0 Å². The second-order valence-electron chi connectivity index (χ2n) is 9.28. The van der Waals surface area contributed by atoms with Crippen molar-refractivity contribution in [2.75, 3.05) is 19.1 Å². The van der Waals surface area contributed by atoms with E-state index in [9.17, 15) is 21.9 Å². The maximum Gasteiger partial charge on any atom is 0.264 e. The Morgan fingerprint density at radius 2 is 1.43 bits per heavy atom. The Morgan fingerprint density at radius 1 is 1.00 bits per heavy atom. The van der Waals surface area contributed by atoms with Crippen LogP contribution in [0, 0.1) is 0 Å². The molecule has 0 aromatic rings. The number of aliphatic hydroxyl groups excluding tert-OH is 1. The molecule has 1 aliphatic heterocycles. The van der Waals surface area contributed by atoms with Crippen molar-refractivity contribution >= 4 is 28.3 Å². The van der Waals surface area contributed by atoms with Crippen LogP contribution in [-0.4, -0.2) is 79.0 Å². The molecule has 0 aromatic carbocycles. The standard InChI is InChI=1S/C16H34O9S2Si/c1-15(2,3)28(8,9)14(25-27(7,20)21)13-12(22-16(4,5)23-13)11(10-17)24-26(6,18)19/h11-14,17H,10H2,1-9H3/t11-,12+,13+,14?/m1/s1. The Hall–Kier alpha value is -0.0831. The van der Waals surface area contributed by atoms with Crippen molar-refractivity contribution in [3.8, 4) is 0 Å². The summed E-state index contributed by atoms with van der Waals surface area (Å²) in [5, 5.41) is 9.46. The van der Waals surface area contributed by atoms with Crippen LogP contribution in [0.15, 0.2) is 0 Å². The minimum atomic E-state index is -3.90. The fourth-order valence-corrected chi connectivity index (χ4v) is 7.48. The SMILES string of the molecule is CC1(C)O[C@@H]([C@@H](CO)OS(C)(=O)=O)[C@@H](C(OS(C)(=O)=O)[Si](C)(C)C(C)(C)C)O1. The number of hydrogen-bond acceptors (Lipinski definition) is 9. The highest BCUT2D eigenvalue weighted by atomic mass is 32.2. The molecule has 1 rings (SSSR count). The topological polar surface area (TPSA) is 125 Å². The zero-order valence-electron chi connectivity index (χ0n) is 18.0. The van der Waals surface area contributed by atoms with Gasteiger partial charge in [0.1, 0.15) is 18.3 Å². The summed E-state index contributed by atoms with van der Waals surface area (Å²) in [6, 6.07) is 0. The highest BCUT2D eigenvalue weighted by Crippen LogP contribution is 2.45. The van der Waals surface area contributed by atoms with E-state index in [4.69, 9.17) is 17.8 Å². The lowest BCUT2D eigenvalue weighted by atomic mass is 10.1. The zero-order chi connectivity index (χ0) is 22.3. The Kier molecular flexibility index (Phi) is 7.61. The molecule has 0 radical (unpaired) electrons. The first-order valence-electron chi connectivity index (χ1n) is 8.93. The van der Waals surface area contributed by atoms with Crippen molar-refractivity contribution in [3.63, 3.8) is 0 Å². The van der Waals surface area contributed by atoms with Crippen LogP contribution in [0.25, 0.3) is 0 Å². The first-order valence-corrected chi connectivity index (χ1v) is 15.6. The van der Waals surface area contributed by atoms with Crippen LogP contribution in [0.3, 0.4) is 0 Å². The molecule has 12 heteroatoms. The van der Waals surface area contributed by atoms with Crippen molar-refractivity contribution in [1.82, 2.24) is 0 Å². The number of rotatable bonds is 8. The Labute approximate surface area is 170 Å². The molecule has 0 aromatic heterocycles. The lowest BCUT2D eigenvalue weighted by Gasteiger charge is -2.45. The van der Waals surface area contributed by atoms with Gasteiger partial charge in [0, 0.05) is 0 Å². The van der Waals surface area contributed by atoms with Gasteiger partial charge in [-0.05, 0) is 18.9 Å². The van der Waals surface area contributed by atoms with E-state index >= 15 is 0 Å². The van der Waals surface area contributed by atoms with E-state index in [2.05, 4.69) is 0 Å². The molecule has 0 amide bonds. The molecule has 1 saturated heterocycles. The van der Waals surface area contributed by atoms with Gasteiger partial charge < -0.3 is 14.6 Å². The van der Waals surface area contributed by atoms with Gasteiger partial charge in [0.15, 0.2) is 5.79 Å². The van der Waals surface area contributed by atoms with E-state index in [1.54, 1.807) is 13.8 Å². The molecule has 0 aliphatic carbocycles. The predicted molar refractivity (Wildman–Crippen MR) is 108 cm³/mol. The molecule has 9 nitrogen and oxygen atoms in total. The molecule has 168 valence electrons. The summed E-state index contributed by atoms with van der Waals surface area (Å²) in [6.45, 7) is 12.5. The molecule has 1 unspecified atom stereocenters. The van der Waals surface area contributed by atoms with Crippen LogP contribution in [0.1, 0.15) is 34.6 Å². The summed E-state index contributed by atoms with van der Waals surface area (Å²) in [7, 11) is -10.3. The molecular weight excluding hydrogens is 428 g/mol. The molecule has 4 atom stereocenters. The van der Waals surface area contributed by atoms with Crippen molar-refractivity contribution in [2.24, 2.45) is 0 Å². The van der Waals surface area contributed by atoms with E-state index in [0.717, 1.165) is 12.5 Å². The quantitative estimate of drug-likeness (QED) is 0.419. The molecule has 1 N–H and O–H groups in total. The summed E-state index contributed by atoms with van der Waals surface area (Å²) in [4.78, 5) is 0. The van der Waals surface area contributed by atoms with Gasteiger partial charge in [-0.3, -0.25) is 8.37 Å². The molecule has 0 bridgehead atoms. The molecule has 0 saturated carbocycles. The molecule has 28 heavy (non-hydrogen) atoms. The van der Waals surface area contributed by atoms with Gasteiger partial charge in [-0.15, -0.1) is 0 Å². The van der Waals surface area contributed by atoms with E-state index in [1.165, 1.54) is 0 Å². The third kappa shape index (κ3) is 6.72. The second kappa shape index (κ2) is 8.21. The van der Waals surface area contributed by atoms with E-state index in [1.807, 2.05) is 33.9 Å². The molecular formula is C16H34O9S2Si. The van der Waals surface area contributed by atoms with Crippen LogP contribution < -0.4 is 0 Å². The fourth-order valence-electron chi connectivity index (χ4n) is 2.95. The minimum absolute atomic E-state index is 0.282. The van der Waals surface area contributed by atoms with Crippen LogP contribution in [0.2, 0.25) is 18.1 Å². The summed E-state index contributed by atoms with van der Waals surface area (Å²) in [6.07, 6.45) is -1.44. The Morgan fingerprint density at radius 3 is 1.79 bits per heavy atom. The zero-order valence-corrected chi connectivity index (χ0v) is 20.7. The maximum absolute atomic E-state index is 12.0. The smallest absolute Gasteiger partial charge is 0.264 e. The average Bonchev–Trinajstić information content (AvgIpc) is 2.74. The summed E-state index contributed by atoms with van der Waals surface area (Å²) >= 11 is 0. The van der Waals surface area contributed by atoms with Crippen LogP contribution in [0.4, 0.5) is 0 Å². The summed E-state index contributed by atoms with van der Waals surface area (Å²) in [5.41, 5.74) is -0.897. The van der Waals surface area contributed by atoms with Gasteiger partial charge in [-0.1, -0.05) is 33.9 Å². The van der Waals surface area contributed by atoms with Crippen molar-refractivity contribution in [3.05, 3.63) is 0 Å². The third-order valence-electron chi connectivity index (χ3n) is 5.23. The van der Waals surface area contributed by atoms with Gasteiger partial charge in [-0.2, -0.15) is 16.8 Å². The minimum Gasteiger partial charge on any atom is -0.394 e. The lowest BCUT2D eigenvalue weighted by molar-refractivity contribution is -0.157. The monoisotopic (exact) mass is 462 g/mol. The Bertz CT molecular complexity index is 753. The third-order valence-corrected chi connectivity index (χ3v) is 12.3. The van der Waals surface area contributed by atoms with Gasteiger partial charge in [0.05, 0.1) is 32.9 Å². The normalized spacial score (nSPS) is 26.2. The van der Waals surface area contributed by atoms with Crippen molar-refractivity contribution < 1.29 is 39.8 Å². The summed E-state index contributed by atoms with van der Waals surface area (Å²) in [5.74, 6) is -1.15. The van der Waals surface area contributed by atoms with Gasteiger partial charge in [0.2, 0.25) is 0 Å². The number of aliphatic hydroxyl groups is 1. The molecule has 1 heterocycles. The fraction of sp³-hybridized carbons (Fsp3) is 1.00. The highest BCUT2D eigenvalue weighted by Gasteiger charge is 2.57. The maximum atomic E-state index is 12.0.